The molecule has 2 rings (SSSR count). The van der Waals surface area contributed by atoms with E-state index < -0.39 is 51.6 Å². The van der Waals surface area contributed by atoms with Gasteiger partial charge in [0.05, 0.1) is 24.8 Å². The van der Waals surface area contributed by atoms with Gasteiger partial charge in [-0.15, -0.1) is 0 Å². The van der Waals surface area contributed by atoms with Crippen molar-refractivity contribution in [1.29, 1.82) is 0 Å². The number of phenols is 2. The molecule has 0 aliphatic carbocycles. The van der Waals surface area contributed by atoms with Crippen LogP contribution >= 0.6 is 15.2 Å². The minimum Gasteiger partial charge on any atom is -0.508 e. The highest BCUT2D eigenvalue weighted by molar-refractivity contribution is 7.52. The highest BCUT2D eigenvalue weighted by atomic mass is 31.2. The summed E-state index contributed by atoms with van der Waals surface area (Å²) in [5.74, 6) is -3.38. The van der Waals surface area contributed by atoms with Crippen molar-refractivity contribution >= 4 is 15.2 Å². The Morgan fingerprint density at radius 3 is 1.79 bits per heavy atom. The summed E-state index contributed by atoms with van der Waals surface area (Å²) >= 11 is 0. The number of phenolic OH excluding ortho intramolecular Hbond substituents is 2. The first-order valence-electron chi connectivity index (χ1n) is 13.8. The molecule has 0 bridgehead atoms. The summed E-state index contributed by atoms with van der Waals surface area (Å²) in [7, 11) is -9.82. The molecule has 4 atom stereocenters. The second-order valence-electron chi connectivity index (χ2n) is 10.5. The van der Waals surface area contributed by atoms with Crippen LogP contribution in [0.1, 0.15) is 50.7 Å². The van der Waals surface area contributed by atoms with E-state index in [-0.39, 0.29) is 55.1 Å². The third kappa shape index (κ3) is 8.84. The lowest BCUT2D eigenvalue weighted by Gasteiger charge is -2.54. The largest absolute Gasteiger partial charge is 0.508 e. The van der Waals surface area contributed by atoms with Gasteiger partial charge in [-0.05, 0) is 44.9 Å². The number of rotatable bonds is 18. The number of hydrogen-bond donors (Lipinski definition) is 9. The summed E-state index contributed by atoms with van der Waals surface area (Å²) in [4.78, 5) is 44.2. The Morgan fingerprint density at radius 2 is 1.38 bits per heavy atom. The molecule has 0 aliphatic heterocycles. The average Bonchev–Trinajstić information content (AvgIpc) is 2.92. The van der Waals surface area contributed by atoms with Gasteiger partial charge in [0.2, 0.25) is 0 Å². The molecular weight excluding hydrogens is 588 g/mol. The molecule has 0 aromatic heterocycles. The van der Waals surface area contributed by atoms with Crippen LogP contribution in [0.4, 0.5) is 0 Å². The number of para-hydroxylation sites is 2. The molecule has 42 heavy (non-hydrogen) atoms. The van der Waals surface area contributed by atoms with Gasteiger partial charge in [0, 0.05) is 24.2 Å². The quantitative estimate of drug-likeness (QED) is 0.0847. The molecule has 10 N–H and O–H groups in total. The Labute approximate surface area is 246 Å². The van der Waals surface area contributed by atoms with Gasteiger partial charge >= 0.3 is 15.2 Å². The van der Waals surface area contributed by atoms with Crippen molar-refractivity contribution in [2.24, 2.45) is 5.73 Å². The summed E-state index contributed by atoms with van der Waals surface area (Å²) in [6, 6.07) is 11.0. The fourth-order valence-corrected chi connectivity index (χ4v) is 7.32. The van der Waals surface area contributed by atoms with Gasteiger partial charge in [0.15, 0.2) is 0 Å². The number of aliphatic hydroxyl groups excluding tert-OH is 2. The number of nitrogens with two attached hydrogens (primary N) is 1. The van der Waals surface area contributed by atoms with Crippen molar-refractivity contribution in [1.82, 2.24) is 9.80 Å². The standard InChI is InChI=1S/C27H45N3O10P2/c1-3-26(42(38,39)40)29(16-21-10-4-6-12-23(21)33)25(18-31)27(19-32,14-8-9-15-28)30(20(2)41(35,36)37)17-22-11-5-7-13-24(22)34/h4-7,10-13,20,25-26,31-34H,3,8-9,14-19,28H2,1-2H3,(H2,35,36,37)(H2,38,39,40). The maximum atomic E-state index is 12.8. The Morgan fingerprint density at radius 1 is 0.857 bits per heavy atom. The predicted molar refractivity (Wildman–Crippen MR) is 159 cm³/mol. The normalized spacial score (nSPS) is 16.4. The van der Waals surface area contributed by atoms with Crippen molar-refractivity contribution in [2.45, 2.75) is 75.8 Å². The molecule has 2 aromatic carbocycles. The van der Waals surface area contributed by atoms with Crippen LogP contribution in [-0.2, 0) is 22.2 Å². The van der Waals surface area contributed by atoms with Crippen LogP contribution in [-0.4, -0.2) is 92.7 Å². The number of aromatic hydroxyl groups is 2. The van der Waals surface area contributed by atoms with Gasteiger partial charge in [-0.3, -0.25) is 18.9 Å². The summed E-state index contributed by atoms with van der Waals surface area (Å²) in [5.41, 5.74) is 4.58. The van der Waals surface area contributed by atoms with E-state index in [1.54, 1.807) is 43.3 Å². The molecule has 15 heteroatoms. The van der Waals surface area contributed by atoms with E-state index in [0.29, 0.717) is 12.8 Å². The molecule has 13 nitrogen and oxygen atoms in total. The Bertz CT molecular complexity index is 1230. The smallest absolute Gasteiger partial charge is 0.342 e. The Balaban J connectivity index is 2.90. The lowest BCUT2D eigenvalue weighted by Crippen LogP contribution is -2.68. The third-order valence-corrected chi connectivity index (χ3v) is 10.5. The summed E-state index contributed by atoms with van der Waals surface area (Å²) in [5, 5.41) is 43.3. The van der Waals surface area contributed by atoms with Gasteiger partial charge in [0.25, 0.3) is 0 Å². The lowest BCUT2D eigenvalue weighted by atomic mass is 9.81. The van der Waals surface area contributed by atoms with Gasteiger partial charge in [-0.2, -0.15) is 0 Å². The van der Waals surface area contributed by atoms with E-state index in [9.17, 15) is 49.1 Å². The van der Waals surface area contributed by atoms with Crippen molar-refractivity contribution in [2.75, 3.05) is 19.8 Å². The second-order valence-corrected chi connectivity index (χ2v) is 14.2. The number of benzene rings is 2. The van der Waals surface area contributed by atoms with Crippen molar-refractivity contribution in [3.8, 4) is 11.5 Å². The van der Waals surface area contributed by atoms with Crippen molar-refractivity contribution in [3.05, 3.63) is 59.7 Å². The van der Waals surface area contributed by atoms with Crippen LogP contribution in [0, 0.1) is 0 Å². The molecule has 0 aliphatic rings. The van der Waals surface area contributed by atoms with Gasteiger partial charge in [0.1, 0.15) is 23.1 Å². The van der Waals surface area contributed by atoms with E-state index in [2.05, 4.69) is 0 Å². The highest BCUT2D eigenvalue weighted by Crippen LogP contribution is 2.51. The second kappa shape index (κ2) is 15.7. The first kappa shape index (κ1) is 36.3. The summed E-state index contributed by atoms with van der Waals surface area (Å²) in [6.45, 7) is 0.957. The van der Waals surface area contributed by atoms with Gasteiger partial charge < -0.3 is 45.7 Å². The summed E-state index contributed by atoms with van der Waals surface area (Å²) in [6.07, 6.45) is 0.699. The first-order chi connectivity index (χ1) is 19.7. The third-order valence-electron chi connectivity index (χ3n) is 7.85. The van der Waals surface area contributed by atoms with E-state index in [4.69, 9.17) is 5.73 Å². The molecule has 0 saturated carbocycles. The van der Waals surface area contributed by atoms with Crippen LogP contribution in [0.5, 0.6) is 11.5 Å². The topological polar surface area (TPSA) is 228 Å². The first-order valence-corrected chi connectivity index (χ1v) is 17.1. The molecule has 0 heterocycles. The molecule has 0 saturated heterocycles. The predicted octanol–water partition coefficient (Wildman–Crippen LogP) is 2.06. The zero-order chi connectivity index (χ0) is 31.7. The highest BCUT2D eigenvalue weighted by Gasteiger charge is 2.53. The zero-order valence-electron chi connectivity index (χ0n) is 24.0. The fraction of sp³-hybridized carbons (Fsp3) is 0.556. The molecule has 0 amide bonds. The van der Waals surface area contributed by atoms with Crippen LogP contribution in [0.2, 0.25) is 0 Å². The summed E-state index contributed by atoms with van der Waals surface area (Å²) < 4.78 is 25.6. The van der Waals surface area contributed by atoms with E-state index in [0.717, 1.165) is 0 Å². The monoisotopic (exact) mass is 633 g/mol. The number of hydrogen-bond acceptors (Lipinski definition) is 9. The SMILES string of the molecule is CCC(N(Cc1ccccc1O)C(CO)C(CO)(CCCCN)N(Cc1ccccc1O)C(C)P(=O)(O)O)P(=O)(O)O. The fourth-order valence-electron chi connectivity index (χ4n) is 5.54. The Hall–Kier alpha value is -1.86. The van der Waals surface area contributed by atoms with Gasteiger partial charge in [-0.25, -0.2) is 0 Å². The molecule has 238 valence electrons. The number of unbranched alkanes of at least 4 members (excludes halogenated alkanes) is 1. The van der Waals surface area contributed by atoms with E-state index in [1.807, 2.05) is 0 Å². The molecular formula is C27H45N3O10P2. The van der Waals surface area contributed by atoms with Crippen molar-refractivity contribution in [3.63, 3.8) is 0 Å². The van der Waals surface area contributed by atoms with Crippen LogP contribution in [0.15, 0.2) is 48.5 Å². The minimum atomic E-state index is -4.92. The molecule has 2 aromatic rings. The lowest BCUT2D eigenvalue weighted by molar-refractivity contribution is -0.0853. The van der Waals surface area contributed by atoms with E-state index in [1.165, 1.54) is 28.9 Å². The molecule has 0 fully saturated rings. The Kier molecular flexibility index (Phi) is 13.6. The molecule has 0 radical (unpaired) electrons. The maximum Gasteiger partial charge on any atom is 0.342 e. The van der Waals surface area contributed by atoms with Gasteiger partial charge in [-0.1, -0.05) is 49.7 Å². The number of aliphatic hydroxyl groups is 2. The van der Waals surface area contributed by atoms with Crippen LogP contribution < -0.4 is 5.73 Å². The number of nitrogens with zero attached hydrogens (tertiary/aromatic N) is 2. The van der Waals surface area contributed by atoms with Crippen LogP contribution in [0.25, 0.3) is 0 Å². The minimum absolute atomic E-state index is 0.0126. The van der Waals surface area contributed by atoms with Crippen LogP contribution in [0.3, 0.4) is 0 Å². The molecule has 0 spiro atoms. The average molecular weight is 634 g/mol. The molecule has 4 unspecified atom stereocenters. The zero-order valence-corrected chi connectivity index (χ0v) is 25.8. The van der Waals surface area contributed by atoms with E-state index >= 15 is 0 Å². The maximum absolute atomic E-state index is 12.8. The van der Waals surface area contributed by atoms with Crippen molar-refractivity contribution < 1.29 is 49.1 Å².